The van der Waals surface area contributed by atoms with E-state index in [4.69, 9.17) is 15.2 Å². The third-order valence-corrected chi connectivity index (χ3v) is 9.27. The van der Waals surface area contributed by atoms with Crippen LogP contribution in [0.15, 0.2) is 158 Å². The molecule has 10 aromatic rings. The molecule has 232 valence electrons. The van der Waals surface area contributed by atoms with E-state index in [0.29, 0.717) is 11.1 Å². The number of imidazole rings is 2. The van der Waals surface area contributed by atoms with E-state index in [2.05, 4.69) is 100 Å². The van der Waals surface area contributed by atoms with Gasteiger partial charge in [0, 0.05) is 49.3 Å². The third-order valence-electron chi connectivity index (χ3n) is 9.27. The molecule has 0 saturated carbocycles. The zero-order valence-electron chi connectivity index (χ0n) is 26.7. The van der Waals surface area contributed by atoms with Crippen molar-refractivity contribution in [3.8, 4) is 34.9 Å². The van der Waals surface area contributed by atoms with Crippen LogP contribution in [0, 0.1) is 22.7 Å². The second-order valence-corrected chi connectivity index (χ2v) is 12.1. The molecule has 50 heavy (non-hydrogen) atoms. The summed E-state index contributed by atoms with van der Waals surface area (Å²) >= 11 is 0. The number of para-hydroxylation sites is 2. The van der Waals surface area contributed by atoms with Gasteiger partial charge in [0.15, 0.2) is 0 Å². The summed E-state index contributed by atoms with van der Waals surface area (Å²) in [4.78, 5) is 10.4. The first-order chi connectivity index (χ1) is 24.7. The predicted octanol–water partition coefficient (Wildman–Crippen LogP) is 10.4. The maximum Gasteiger partial charge on any atom is 0.145 e. The van der Waals surface area contributed by atoms with Gasteiger partial charge in [0.05, 0.1) is 45.3 Å². The molecule has 6 heteroatoms. The molecule has 8 aromatic carbocycles. The Bertz CT molecular complexity index is 2910. The molecule has 0 amide bonds. The first-order valence-electron chi connectivity index (χ1n) is 16.3. The quantitative estimate of drug-likeness (QED) is 0.180. The second-order valence-electron chi connectivity index (χ2n) is 12.1. The van der Waals surface area contributed by atoms with E-state index in [-0.39, 0.29) is 0 Å². The van der Waals surface area contributed by atoms with Crippen molar-refractivity contribution in [3.05, 3.63) is 169 Å². The minimum atomic E-state index is 0.626. The standard InChI is InChI=1S/C37H21N5.C7H5N/c38-21-23-17-19-24(20-18-23)37-40-34-28-14-8-15-29-32(28)31-27(33-35(29)41(22-39-33)25-9-3-1-4-10-25)13-7-16-30(31)36(34)42(37)26-11-5-2-6-12-26;8-6-7-4-2-1-3-5-7/h1-20,22H;1-5H. The lowest BCUT2D eigenvalue weighted by atomic mass is 9.91. The minimum absolute atomic E-state index is 0.626. The number of aromatic nitrogens is 4. The zero-order valence-corrected chi connectivity index (χ0v) is 26.7. The van der Waals surface area contributed by atoms with Crippen molar-refractivity contribution < 1.29 is 0 Å². The van der Waals surface area contributed by atoms with Gasteiger partial charge in [-0.05, 0) is 60.7 Å². The van der Waals surface area contributed by atoms with Gasteiger partial charge in [-0.15, -0.1) is 0 Å². The molecular formula is C44H26N6. The van der Waals surface area contributed by atoms with Crippen molar-refractivity contribution in [1.29, 1.82) is 10.5 Å². The Labute approximate surface area is 287 Å². The lowest BCUT2D eigenvalue weighted by Gasteiger charge is -2.16. The Kier molecular flexibility index (Phi) is 6.79. The summed E-state index contributed by atoms with van der Waals surface area (Å²) in [5, 5.41) is 24.6. The molecule has 6 nitrogen and oxygen atoms in total. The maximum atomic E-state index is 9.41. The van der Waals surface area contributed by atoms with Crippen LogP contribution in [0.2, 0.25) is 0 Å². The first-order valence-corrected chi connectivity index (χ1v) is 16.3. The topological polar surface area (TPSA) is 83.2 Å². The Morgan fingerprint density at radius 1 is 0.460 bits per heavy atom. The van der Waals surface area contributed by atoms with Crippen molar-refractivity contribution in [2.24, 2.45) is 0 Å². The normalized spacial score (nSPS) is 11.2. The highest BCUT2D eigenvalue weighted by Gasteiger charge is 2.24. The van der Waals surface area contributed by atoms with Gasteiger partial charge in [-0.2, -0.15) is 10.5 Å². The Morgan fingerprint density at radius 3 is 1.58 bits per heavy atom. The second kappa shape index (κ2) is 11.8. The number of hydrogen-bond donors (Lipinski definition) is 0. The molecule has 10 rings (SSSR count). The van der Waals surface area contributed by atoms with Crippen molar-refractivity contribution >= 4 is 54.4 Å². The molecule has 0 saturated heterocycles. The molecule has 0 radical (unpaired) electrons. The molecule has 0 fully saturated rings. The molecule has 0 aliphatic rings. The summed E-state index contributed by atoms with van der Waals surface area (Å²) in [6.07, 6.45) is 1.94. The number of nitriles is 2. The number of nitrogens with zero attached hydrogens (tertiary/aromatic N) is 6. The van der Waals surface area contributed by atoms with Gasteiger partial charge in [0.2, 0.25) is 0 Å². The van der Waals surface area contributed by atoms with Gasteiger partial charge in [-0.25, -0.2) is 9.97 Å². The average Bonchev–Trinajstić information content (AvgIpc) is 3.83. The molecule has 0 aliphatic carbocycles. The van der Waals surface area contributed by atoms with E-state index in [1.165, 1.54) is 10.8 Å². The van der Waals surface area contributed by atoms with Crippen LogP contribution >= 0.6 is 0 Å². The molecule has 0 aliphatic heterocycles. The van der Waals surface area contributed by atoms with Gasteiger partial charge >= 0.3 is 0 Å². The van der Waals surface area contributed by atoms with Crippen molar-refractivity contribution in [2.75, 3.05) is 0 Å². The van der Waals surface area contributed by atoms with E-state index >= 15 is 0 Å². The highest BCUT2D eigenvalue weighted by Crippen LogP contribution is 2.46. The van der Waals surface area contributed by atoms with Gasteiger partial charge in [-0.1, -0.05) is 91.0 Å². The maximum absolute atomic E-state index is 9.41. The molecule has 0 atom stereocenters. The van der Waals surface area contributed by atoms with Gasteiger partial charge in [-0.3, -0.25) is 9.13 Å². The Hall–Kier alpha value is -7.28. The Balaban J connectivity index is 0.000000374. The van der Waals surface area contributed by atoms with Crippen LogP contribution in [0.3, 0.4) is 0 Å². The highest BCUT2D eigenvalue weighted by atomic mass is 15.1. The molecule has 0 bridgehead atoms. The number of benzene rings is 8. The monoisotopic (exact) mass is 638 g/mol. The molecule has 0 unspecified atom stereocenters. The third kappa shape index (κ3) is 4.48. The lowest BCUT2D eigenvalue weighted by Crippen LogP contribution is -1.98. The molecule has 2 aromatic heterocycles. The highest BCUT2D eigenvalue weighted by molar-refractivity contribution is 6.38. The van der Waals surface area contributed by atoms with E-state index in [1.807, 2.05) is 67.0 Å². The van der Waals surface area contributed by atoms with Gasteiger partial charge in [0.25, 0.3) is 0 Å². The summed E-state index contributed by atoms with van der Waals surface area (Å²) in [5.74, 6) is 0.842. The first kappa shape index (κ1) is 28.9. The summed E-state index contributed by atoms with van der Waals surface area (Å²) in [6, 6.07) is 54.9. The van der Waals surface area contributed by atoms with E-state index < -0.39 is 0 Å². The lowest BCUT2D eigenvalue weighted by molar-refractivity contribution is 1.10. The zero-order chi connectivity index (χ0) is 33.6. The number of rotatable bonds is 3. The van der Waals surface area contributed by atoms with Crippen LogP contribution in [-0.2, 0) is 0 Å². The Morgan fingerprint density at radius 2 is 0.980 bits per heavy atom. The fourth-order valence-corrected chi connectivity index (χ4v) is 7.10. The van der Waals surface area contributed by atoms with Gasteiger partial charge in [0.1, 0.15) is 12.2 Å². The van der Waals surface area contributed by atoms with Crippen molar-refractivity contribution in [1.82, 2.24) is 19.1 Å². The minimum Gasteiger partial charge on any atom is -0.298 e. The van der Waals surface area contributed by atoms with E-state index in [9.17, 15) is 5.26 Å². The summed E-state index contributed by atoms with van der Waals surface area (Å²) < 4.78 is 4.46. The van der Waals surface area contributed by atoms with Crippen LogP contribution in [-0.4, -0.2) is 19.1 Å². The smallest absolute Gasteiger partial charge is 0.145 e. The van der Waals surface area contributed by atoms with Gasteiger partial charge < -0.3 is 0 Å². The summed E-state index contributed by atoms with van der Waals surface area (Å²) in [5.41, 5.74) is 8.51. The van der Waals surface area contributed by atoms with Crippen LogP contribution < -0.4 is 0 Å². The van der Waals surface area contributed by atoms with Crippen molar-refractivity contribution in [2.45, 2.75) is 0 Å². The fraction of sp³-hybridized carbons (Fsp3) is 0. The summed E-state index contributed by atoms with van der Waals surface area (Å²) in [6.45, 7) is 0. The van der Waals surface area contributed by atoms with Crippen LogP contribution in [0.5, 0.6) is 0 Å². The van der Waals surface area contributed by atoms with Crippen molar-refractivity contribution in [3.63, 3.8) is 0 Å². The van der Waals surface area contributed by atoms with Crippen LogP contribution in [0.25, 0.3) is 77.1 Å². The molecule has 2 heterocycles. The molecule has 0 N–H and O–H groups in total. The fourth-order valence-electron chi connectivity index (χ4n) is 7.10. The van der Waals surface area contributed by atoms with E-state index in [1.54, 1.807) is 12.1 Å². The average molecular weight is 639 g/mol. The number of fused-ring (bicyclic) bond motifs is 6. The largest absolute Gasteiger partial charge is 0.298 e. The number of hydrogen-bond acceptors (Lipinski definition) is 4. The van der Waals surface area contributed by atoms with Crippen LogP contribution in [0.4, 0.5) is 0 Å². The summed E-state index contributed by atoms with van der Waals surface area (Å²) in [7, 11) is 0. The van der Waals surface area contributed by atoms with Crippen LogP contribution in [0.1, 0.15) is 11.1 Å². The predicted molar refractivity (Wildman–Crippen MR) is 201 cm³/mol. The van der Waals surface area contributed by atoms with E-state index in [0.717, 1.165) is 66.4 Å². The SMILES string of the molecule is N#Cc1ccc(-c2nc3c4cccc5c4c4c(cccc4c3n2-c2ccccc2)c2ncn(-c3ccccc3)c52)cc1.N#Cc1ccccc1. The molecular weight excluding hydrogens is 613 g/mol. The molecule has 0 spiro atoms.